The molecule has 3 heterocycles. The third-order valence-corrected chi connectivity index (χ3v) is 23.1. The van der Waals surface area contributed by atoms with Crippen LogP contribution < -0.4 is 25.5 Å². The van der Waals surface area contributed by atoms with Gasteiger partial charge in [0.25, 0.3) is 0 Å². The van der Waals surface area contributed by atoms with Gasteiger partial charge in [0.2, 0.25) is 0 Å². The van der Waals surface area contributed by atoms with Gasteiger partial charge in [-0.2, -0.15) is 0 Å². The lowest BCUT2D eigenvalue weighted by molar-refractivity contribution is 0.332. The molecule has 6 aliphatic rings. The predicted octanol–water partition coefficient (Wildman–Crippen LogP) is 21.2. The minimum atomic E-state index is -0.188. The zero-order chi connectivity index (χ0) is 59.5. The Hall–Kier alpha value is -6.98. The third-order valence-electron chi connectivity index (χ3n) is 23.1. The zero-order valence-electron chi connectivity index (χ0n) is 53.8. The lowest BCUT2D eigenvalue weighted by Gasteiger charge is -2.49. The summed E-state index contributed by atoms with van der Waals surface area (Å²) in [5.41, 5.74) is 28.6. The topological polar surface area (TPSA) is 22.9 Å². The maximum atomic E-state index is 7.36. The summed E-state index contributed by atoms with van der Waals surface area (Å²) in [4.78, 5) is 8.02. The minimum absolute atomic E-state index is 0.00385. The average Bonchev–Trinajstić information content (AvgIpc) is 1.40. The van der Waals surface area contributed by atoms with Crippen LogP contribution in [0.2, 0.25) is 0 Å². The summed E-state index contributed by atoms with van der Waals surface area (Å²) in [6.45, 7) is 39.4. The number of nitrogens with zero attached hydrogens (tertiary/aromatic N) is 3. The summed E-state index contributed by atoms with van der Waals surface area (Å²) in [6.07, 6.45) is 9.22. The van der Waals surface area contributed by atoms with E-state index in [0.29, 0.717) is 0 Å². The van der Waals surface area contributed by atoms with Crippen LogP contribution in [-0.4, -0.2) is 6.85 Å². The summed E-state index contributed by atoms with van der Waals surface area (Å²) < 4.78 is 7.36. The van der Waals surface area contributed by atoms with Gasteiger partial charge in [-0.1, -0.05) is 165 Å². The van der Waals surface area contributed by atoms with Crippen molar-refractivity contribution in [2.45, 2.75) is 205 Å². The maximum Gasteiger partial charge on any atom is 0.333 e. The quantitative estimate of drug-likeness (QED) is 0.160. The van der Waals surface area contributed by atoms with Gasteiger partial charge in [-0.05, 0) is 241 Å². The first-order valence-corrected chi connectivity index (χ1v) is 32.3. The Morgan fingerprint density at radius 1 is 0.341 bits per heavy atom. The van der Waals surface area contributed by atoms with E-state index in [1.54, 1.807) is 0 Å². The molecule has 2 aliphatic heterocycles. The van der Waals surface area contributed by atoms with E-state index in [4.69, 9.17) is 4.42 Å². The molecule has 15 rings (SSSR count). The van der Waals surface area contributed by atoms with Crippen LogP contribution in [-0.2, 0) is 43.3 Å². The molecule has 0 unspecified atom stereocenters. The van der Waals surface area contributed by atoms with Gasteiger partial charge in [-0.25, -0.2) is 0 Å². The largest absolute Gasteiger partial charge is 0.456 e. The molecule has 0 saturated heterocycles. The lowest BCUT2D eigenvalue weighted by atomic mass is 9.42. The van der Waals surface area contributed by atoms with Crippen LogP contribution in [0.3, 0.4) is 0 Å². The Kier molecular flexibility index (Phi) is 11.5. The van der Waals surface area contributed by atoms with Crippen molar-refractivity contribution in [3.05, 3.63) is 190 Å². The Morgan fingerprint density at radius 2 is 0.765 bits per heavy atom. The first-order valence-electron chi connectivity index (χ1n) is 32.3. The summed E-state index contributed by atoms with van der Waals surface area (Å²) in [7, 11) is 0. The van der Waals surface area contributed by atoms with Crippen LogP contribution in [0.4, 0.5) is 45.5 Å². The van der Waals surface area contributed by atoms with E-state index < -0.39 is 0 Å². The second-order valence-corrected chi connectivity index (χ2v) is 32.4. The number of para-hydroxylation sites is 2. The van der Waals surface area contributed by atoms with Gasteiger partial charge < -0.3 is 19.0 Å². The smallest absolute Gasteiger partial charge is 0.333 e. The Balaban J connectivity index is 1.12. The van der Waals surface area contributed by atoms with Crippen molar-refractivity contribution in [3.8, 4) is 11.1 Å². The molecule has 0 atom stereocenters. The number of anilines is 8. The van der Waals surface area contributed by atoms with Gasteiger partial charge in [-0.15, -0.1) is 0 Å². The minimum Gasteiger partial charge on any atom is -0.456 e. The molecule has 8 aromatic carbocycles. The first kappa shape index (κ1) is 54.7. The second-order valence-electron chi connectivity index (χ2n) is 32.4. The van der Waals surface area contributed by atoms with Crippen LogP contribution >= 0.6 is 0 Å². The van der Waals surface area contributed by atoms with Crippen molar-refractivity contribution in [2.75, 3.05) is 14.6 Å². The molecule has 5 heteroatoms. The standard InChI is InChI=1S/C80H88BN3O/c1-73(2)31-33-75(5,6)60-40-51(27-29-58(60)73)83-68-46-64-63(78(11,12)36-37-79(64,13)14)45-66(68)81-72-57(39-53(42-69(72)83)82(49-23-19-17-20-24-49)50-25-21-18-22-26-50)54-43-55-56-44-62-65(80(15,16)38-35-77(62,9)10)47-70(56)85-71(55)48-67(54)84(81)52-28-30-59-61(41-52)76(7,8)34-32-74(59,3)4/h17-30,39-48H,31-38H2,1-16H3. The van der Waals surface area contributed by atoms with Crippen LogP contribution in [0.1, 0.15) is 207 Å². The summed E-state index contributed by atoms with van der Waals surface area (Å²) >= 11 is 0. The van der Waals surface area contributed by atoms with Crippen LogP contribution in [0.15, 0.2) is 150 Å². The third kappa shape index (κ3) is 8.12. The van der Waals surface area contributed by atoms with E-state index in [0.717, 1.165) is 66.8 Å². The molecular formula is C80H88BN3O. The summed E-state index contributed by atoms with van der Waals surface area (Å²) in [6, 6.07) is 57.9. The molecule has 0 N–H and O–H groups in total. The molecule has 0 spiro atoms. The van der Waals surface area contributed by atoms with Gasteiger partial charge in [0, 0.05) is 67.9 Å². The zero-order valence-corrected chi connectivity index (χ0v) is 53.8. The van der Waals surface area contributed by atoms with Crippen molar-refractivity contribution in [1.29, 1.82) is 0 Å². The van der Waals surface area contributed by atoms with Gasteiger partial charge in [0.1, 0.15) is 11.2 Å². The summed E-state index contributed by atoms with van der Waals surface area (Å²) in [5, 5.41) is 2.38. The van der Waals surface area contributed by atoms with E-state index in [2.05, 4.69) is 271 Å². The SMILES string of the molecule is CC1(C)CCC(C)(C)c2cc(N3B4c5cc6c(cc5N(c5ccc7c(c5)C(C)(C)CCC7(C)C)c5cc(N(c7ccccc7)c7ccccc7)cc(c54)-c4cc5c(cc43)oc3cc4c(cc35)C(C)(C)CCC4(C)C)C(C)(C)CCC6(C)C)ccc21. The van der Waals surface area contributed by atoms with E-state index in [1.165, 1.54) is 119 Å². The average molecular weight is 1120 g/mol. The van der Waals surface area contributed by atoms with Gasteiger partial charge >= 0.3 is 6.85 Å². The molecular weight excluding hydrogens is 1030 g/mol. The number of hydrogen-bond acceptors (Lipinski definition) is 4. The molecule has 0 bridgehead atoms. The number of rotatable bonds is 5. The molecule has 0 radical (unpaired) electrons. The van der Waals surface area contributed by atoms with Gasteiger partial charge in [-0.3, -0.25) is 0 Å². The number of hydrogen-bond donors (Lipinski definition) is 0. The fraction of sp³-hybridized carbons (Fsp3) is 0.400. The Bertz CT molecular complexity index is 4240. The van der Waals surface area contributed by atoms with Crippen LogP contribution in [0.5, 0.6) is 0 Å². The molecule has 432 valence electrons. The second kappa shape index (κ2) is 17.8. The predicted molar refractivity (Wildman–Crippen MR) is 363 cm³/mol. The lowest BCUT2D eigenvalue weighted by Crippen LogP contribution is -2.62. The highest BCUT2D eigenvalue weighted by atomic mass is 16.3. The molecule has 85 heavy (non-hydrogen) atoms. The fourth-order valence-corrected chi connectivity index (χ4v) is 17.1. The molecule has 0 amide bonds. The highest BCUT2D eigenvalue weighted by Gasteiger charge is 2.50. The monoisotopic (exact) mass is 1120 g/mol. The molecule has 9 aromatic rings. The molecule has 1 aromatic heterocycles. The van der Waals surface area contributed by atoms with Gasteiger partial charge in [0.15, 0.2) is 0 Å². The van der Waals surface area contributed by atoms with Crippen LogP contribution in [0, 0.1) is 0 Å². The first-order chi connectivity index (χ1) is 40.1. The molecule has 0 saturated carbocycles. The molecule has 4 nitrogen and oxygen atoms in total. The molecule has 4 aliphatic carbocycles. The van der Waals surface area contributed by atoms with Crippen molar-refractivity contribution in [2.24, 2.45) is 0 Å². The van der Waals surface area contributed by atoms with E-state index in [9.17, 15) is 0 Å². The van der Waals surface area contributed by atoms with E-state index >= 15 is 0 Å². The normalized spacial score (nSPS) is 20.8. The van der Waals surface area contributed by atoms with E-state index in [-0.39, 0.29) is 50.2 Å². The van der Waals surface area contributed by atoms with Crippen molar-refractivity contribution >= 4 is 85.2 Å². The van der Waals surface area contributed by atoms with Crippen molar-refractivity contribution < 1.29 is 4.42 Å². The van der Waals surface area contributed by atoms with Gasteiger partial charge in [0.05, 0.1) is 0 Å². The Labute approximate surface area is 508 Å². The number of benzene rings is 8. The maximum absolute atomic E-state index is 7.36. The fourth-order valence-electron chi connectivity index (χ4n) is 17.1. The number of furan rings is 1. The Morgan fingerprint density at radius 3 is 1.29 bits per heavy atom. The molecule has 0 fully saturated rings. The van der Waals surface area contributed by atoms with Crippen LogP contribution in [0.25, 0.3) is 33.1 Å². The highest BCUT2D eigenvalue weighted by molar-refractivity contribution is 6.93. The van der Waals surface area contributed by atoms with Crippen molar-refractivity contribution in [1.82, 2.24) is 0 Å². The number of fused-ring (bicyclic) bond motifs is 11. The summed E-state index contributed by atoms with van der Waals surface area (Å²) in [5.74, 6) is 0. The van der Waals surface area contributed by atoms with E-state index in [1.807, 2.05) is 0 Å². The van der Waals surface area contributed by atoms with Crippen molar-refractivity contribution in [3.63, 3.8) is 0 Å². The highest BCUT2D eigenvalue weighted by Crippen LogP contribution is 2.57.